The maximum Gasteiger partial charge on any atom is 0.0136 e. The first-order valence-electron chi connectivity index (χ1n) is 7.58. The molecule has 1 fully saturated rings. The first-order chi connectivity index (χ1) is 9.36. The van der Waals surface area contributed by atoms with Crippen LogP contribution in [-0.2, 0) is 6.42 Å². The van der Waals surface area contributed by atoms with Gasteiger partial charge in [-0.05, 0) is 54.5 Å². The van der Waals surface area contributed by atoms with E-state index < -0.39 is 0 Å². The highest BCUT2D eigenvalue weighted by atomic mass is 14.9. The van der Waals surface area contributed by atoms with Crippen molar-refractivity contribution in [2.45, 2.75) is 38.6 Å². The van der Waals surface area contributed by atoms with E-state index in [1.807, 2.05) is 0 Å². The summed E-state index contributed by atoms with van der Waals surface area (Å²) in [7, 11) is 0. The Labute approximate surface area is 116 Å². The van der Waals surface area contributed by atoms with E-state index >= 15 is 0 Å². The van der Waals surface area contributed by atoms with Crippen molar-refractivity contribution in [2.75, 3.05) is 6.54 Å². The third-order valence-electron chi connectivity index (χ3n) is 4.12. The molecule has 1 aliphatic rings. The second-order valence-electron chi connectivity index (χ2n) is 5.78. The molecule has 1 saturated carbocycles. The molecule has 0 heterocycles. The van der Waals surface area contributed by atoms with Gasteiger partial charge in [-0.2, -0.15) is 0 Å². The minimum Gasteiger partial charge on any atom is -0.313 e. The zero-order chi connectivity index (χ0) is 13.1. The summed E-state index contributed by atoms with van der Waals surface area (Å²) >= 11 is 0. The summed E-state index contributed by atoms with van der Waals surface area (Å²) in [5.74, 6) is 0.915. The molecule has 1 aliphatic carbocycles. The van der Waals surface area contributed by atoms with Crippen LogP contribution in [0.3, 0.4) is 0 Å². The SMILES string of the molecule is CCCNC(Cc1ccc2ccccc2c1)C1CC1. The van der Waals surface area contributed by atoms with Gasteiger partial charge < -0.3 is 5.32 Å². The Morgan fingerprint density at radius 3 is 2.63 bits per heavy atom. The lowest BCUT2D eigenvalue weighted by Gasteiger charge is -2.18. The standard InChI is InChI=1S/C18H23N/c1-2-11-19-18(16-9-10-16)13-14-7-8-15-5-3-4-6-17(15)12-14/h3-8,12,16,18-19H,2,9-11,13H2,1H3. The molecule has 2 aromatic rings. The second kappa shape index (κ2) is 5.75. The van der Waals surface area contributed by atoms with Gasteiger partial charge in [0.05, 0.1) is 0 Å². The molecule has 0 aromatic heterocycles. The summed E-state index contributed by atoms with van der Waals surface area (Å²) in [5.41, 5.74) is 1.47. The second-order valence-corrected chi connectivity index (χ2v) is 5.78. The van der Waals surface area contributed by atoms with Crippen molar-refractivity contribution in [1.29, 1.82) is 0 Å². The summed E-state index contributed by atoms with van der Waals surface area (Å²) in [6.45, 7) is 3.39. The Morgan fingerprint density at radius 1 is 1.11 bits per heavy atom. The predicted octanol–water partition coefficient (Wildman–Crippen LogP) is 4.16. The van der Waals surface area contributed by atoms with Crippen LogP contribution in [0.25, 0.3) is 10.8 Å². The van der Waals surface area contributed by atoms with Crippen molar-refractivity contribution in [1.82, 2.24) is 5.32 Å². The molecule has 1 N–H and O–H groups in total. The number of nitrogens with one attached hydrogen (secondary N) is 1. The van der Waals surface area contributed by atoms with Crippen LogP contribution in [0.1, 0.15) is 31.7 Å². The van der Waals surface area contributed by atoms with Crippen LogP contribution in [0, 0.1) is 5.92 Å². The van der Waals surface area contributed by atoms with Crippen molar-refractivity contribution in [2.24, 2.45) is 5.92 Å². The van der Waals surface area contributed by atoms with Crippen LogP contribution in [0.4, 0.5) is 0 Å². The predicted molar refractivity (Wildman–Crippen MR) is 82.5 cm³/mol. The fourth-order valence-corrected chi connectivity index (χ4v) is 2.85. The highest BCUT2D eigenvalue weighted by Gasteiger charge is 2.30. The molecule has 0 saturated heterocycles. The zero-order valence-corrected chi connectivity index (χ0v) is 11.7. The smallest absolute Gasteiger partial charge is 0.0136 e. The van der Waals surface area contributed by atoms with Gasteiger partial charge in [-0.1, -0.05) is 49.4 Å². The topological polar surface area (TPSA) is 12.0 Å². The third-order valence-corrected chi connectivity index (χ3v) is 4.12. The number of hydrogen-bond acceptors (Lipinski definition) is 1. The number of benzene rings is 2. The minimum atomic E-state index is 0.682. The van der Waals surface area contributed by atoms with Gasteiger partial charge in [0.2, 0.25) is 0 Å². The van der Waals surface area contributed by atoms with E-state index in [9.17, 15) is 0 Å². The molecule has 0 amide bonds. The number of hydrogen-bond donors (Lipinski definition) is 1. The van der Waals surface area contributed by atoms with Crippen LogP contribution < -0.4 is 5.32 Å². The first kappa shape index (κ1) is 12.7. The van der Waals surface area contributed by atoms with Crippen LogP contribution in [0.15, 0.2) is 42.5 Å². The summed E-state index contributed by atoms with van der Waals surface area (Å²) in [4.78, 5) is 0. The molecule has 1 nitrogen and oxygen atoms in total. The molecule has 1 unspecified atom stereocenters. The Bertz CT molecular complexity index is 542. The Hall–Kier alpha value is -1.34. The van der Waals surface area contributed by atoms with Gasteiger partial charge in [0, 0.05) is 6.04 Å². The molecule has 0 radical (unpaired) electrons. The van der Waals surface area contributed by atoms with E-state index in [0.29, 0.717) is 6.04 Å². The van der Waals surface area contributed by atoms with E-state index in [1.54, 1.807) is 0 Å². The van der Waals surface area contributed by atoms with E-state index in [0.717, 1.165) is 12.5 Å². The summed E-state index contributed by atoms with van der Waals surface area (Å²) < 4.78 is 0. The first-order valence-corrected chi connectivity index (χ1v) is 7.58. The lowest BCUT2D eigenvalue weighted by atomic mass is 9.99. The molecule has 1 atom stereocenters. The van der Waals surface area contributed by atoms with Crippen LogP contribution >= 0.6 is 0 Å². The zero-order valence-electron chi connectivity index (χ0n) is 11.7. The van der Waals surface area contributed by atoms with Gasteiger partial charge in [-0.3, -0.25) is 0 Å². The Morgan fingerprint density at radius 2 is 1.89 bits per heavy atom. The molecule has 0 bridgehead atoms. The highest BCUT2D eigenvalue weighted by Crippen LogP contribution is 2.34. The lowest BCUT2D eigenvalue weighted by Crippen LogP contribution is -2.33. The van der Waals surface area contributed by atoms with Gasteiger partial charge in [0.1, 0.15) is 0 Å². The fraction of sp³-hybridized carbons (Fsp3) is 0.444. The summed E-state index contributed by atoms with van der Waals surface area (Å²) in [5, 5.41) is 6.44. The normalized spacial score (nSPS) is 16.7. The van der Waals surface area contributed by atoms with Gasteiger partial charge in [0.15, 0.2) is 0 Å². The maximum absolute atomic E-state index is 3.73. The summed E-state index contributed by atoms with van der Waals surface area (Å²) in [6.07, 6.45) is 5.22. The molecular weight excluding hydrogens is 230 g/mol. The van der Waals surface area contributed by atoms with Crippen molar-refractivity contribution in [3.63, 3.8) is 0 Å². The van der Waals surface area contributed by atoms with Crippen molar-refractivity contribution in [3.05, 3.63) is 48.0 Å². The average molecular weight is 253 g/mol. The highest BCUT2D eigenvalue weighted by molar-refractivity contribution is 5.82. The van der Waals surface area contributed by atoms with E-state index in [4.69, 9.17) is 0 Å². The van der Waals surface area contributed by atoms with Crippen molar-refractivity contribution < 1.29 is 0 Å². The maximum atomic E-state index is 3.73. The van der Waals surface area contributed by atoms with Crippen LogP contribution in [0.5, 0.6) is 0 Å². The van der Waals surface area contributed by atoms with Gasteiger partial charge in [0.25, 0.3) is 0 Å². The molecule has 2 aromatic carbocycles. The van der Waals surface area contributed by atoms with Gasteiger partial charge >= 0.3 is 0 Å². The minimum absolute atomic E-state index is 0.682. The number of rotatable bonds is 6. The molecule has 3 rings (SSSR count). The fourth-order valence-electron chi connectivity index (χ4n) is 2.85. The average Bonchev–Trinajstić information content (AvgIpc) is 3.28. The Balaban J connectivity index is 1.75. The summed E-state index contributed by atoms with van der Waals surface area (Å²) in [6, 6.07) is 16.2. The van der Waals surface area contributed by atoms with Crippen molar-refractivity contribution >= 4 is 10.8 Å². The number of fused-ring (bicyclic) bond motifs is 1. The van der Waals surface area contributed by atoms with E-state index in [2.05, 4.69) is 54.7 Å². The van der Waals surface area contributed by atoms with Crippen molar-refractivity contribution in [3.8, 4) is 0 Å². The molecule has 0 aliphatic heterocycles. The molecule has 100 valence electrons. The van der Waals surface area contributed by atoms with Crippen LogP contribution in [-0.4, -0.2) is 12.6 Å². The largest absolute Gasteiger partial charge is 0.313 e. The van der Waals surface area contributed by atoms with Gasteiger partial charge in [-0.25, -0.2) is 0 Å². The van der Waals surface area contributed by atoms with Gasteiger partial charge in [-0.15, -0.1) is 0 Å². The molecule has 1 heteroatoms. The van der Waals surface area contributed by atoms with E-state index in [-0.39, 0.29) is 0 Å². The Kier molecular flexibility index (Phi) is 3.84. The molecule has 0 spiro atoms. The monoisotopic (exact) mass is 253 g/mol. The quantitative estimate of drug-likeness (QED) is 0.815. The van der Waals surface area contributed by atoms with Crippen LogP contribution in [0.2, 0.25) is 0 Å². The van der Waals surface area contributed by atoms with E-state index in [1.165, 1.54) is 42.0 Å². The molecule has 19 heavy (non-hydrogen) atoms. The third kappa shape index (κ3) is 3.16. The lowest BCUT2D eigenvalue weighted by molar-refractivity contribution is 0.460. The molecular formula is C18H23N.